The van der Waals surface area contributed by atoms with Gasteiger partial charge in [-0.2, -0.15) is 0 Å². The fraction of sp³-hybridized carbons (Fsp3) is 0.773. The van der Waals surface area contributed by atoms with Gasteiger partial charge in [-0.05, 0) is 44.4 Å². The van der Waals surface area contributed by atoms with E-state index in [-0.39, 0.29) is 37.7 Å². The molecule has 6 nitrogen and oxygen atoms in total. The Balaban J connectivity index is 3.67. The molecule has 0 rings (SSSR count). The summed E-state index contributed by atoms with van der Waals surface area (Å²) in [7, 11) is 0. The third-order valence-electron chi connectivity index (χ3n) is 8.91. The zero-order chi connectivity index (χ0) is 36.8. The second kappa shape index (κ2) is 38.1. The van der Waals surface area contributed by atoms with E-state index in [1.165, 1.54) is 89.9 Å². The molecule has 0 radical (unpaired) electrons. The van der Waals surface area contributed by atoms with Crippen LogP contribution < -0.4 is 0 Å². The Morgan fingerprint density at radius 1 is 0.600 bits per heavy atom. The lowest BCUT2D eigenvalue weighted by Crippen LogP contribution is -2.28. The van der Waals surface area contributed by atoms with Crippen molar-refractivity contribution in [3.05, 3.63) is 48.6 Å². The second-order valence-electron chi connectivity index (χ2n) is 14.4. The van der Waals surface area contributed by atoms with Gasteiger partial charge in [-0.1, -0.05) is 185 Å². The van der Waals surface area contributed by atoms with E-state index in [0.29, 0.717) is 12.8 Å². The second-order valence-corrected chi connectivity index (χ2v) is 14.4. The highest BCUT2D eigenvalue weighted by atomic mass is 16.6. The van der Waals surface area contributed by atoms with Gasteiger partial charge in [-0.15, -0.1) is 0 Å². The highest BCUT2D eigenvalue weighted by molar-refractivity contribution is 5.70. The number of unbranched alkanes of at least 4 members (excludes halogenated alkanes) is 17. The van der Waals surface area contributed by atoms with Gasteiger partial charge in [0, 0.05) is 12.8 Å². The van der Waals surface area contributed by atoms with Gasteiger partial charge in [0.2, 0.25) is 0 Å². The van der Waals surface area contributed by atoms with Crippen LogP contribution in [0.3, 0.4) is 0 Å². The van der Waals surface area contributed by atoms with Gasteiger partial charge in [-0.3, -0.25) is 9.59 Å². The van der Waals surface area contributed by atoms with E-state index >= 15 is 0 Å². The Hall–Kier alpha value is -2.18. The summed E-state index contributed by atoms with van der Waals surface area (Å²) in [4.78, 5) is 24.3. The molecule has 0 saturated carbocycles. The van der Waals surface area contributed by atoms with Crippen LogP contribution in [0.4, 0.5) is 0 Å². The van der Waals surface area contributed by atoms with Crippen LogP contribution in [0.5, 0.6) is 0 Å². The van der Waals surface area contributed by atoms with Crippen molar-refractivity contribution in [3.8, 4) is 0 Å². The van der Waals surface area contributed by atoms with Gasteiger partial charge in [0.15, 0.2) is 6.10 Å². The van der Waals surface area contributed by atoms with Gasteiger partial charge >= 0.3 is 11.9 Å². The summed E-state index contributed by atoms with van der Waals surface area (Å²) in [5.41, 5.74) is 0. The van der Waals surface area contributed by atoms with Gasteiger partial charge in [0.25, 0.3) is 0 Å². The van der Waals surface area contributed by atoms with Crippen LogP contribution in [0, 0.1) is 5.92 Å². The van der Waals surface area contributed by atoms with Crippen molar-refractivity contribution < 1.29 is 29.3 Å². The van der Waals surface area contributed by atoms with Crippen LogP contribution in [-0.2, 0) is 19.1 Å². The lowest BCUT2D eigenvalue weighted by Gasteiger charge is -2.15. The Morgan fingerprint density at radius 2 is 1.12 bits per heavy atom. The minimum atomic E-state index is -0.813. The van der Waals surface area contributed by atoms with E-state index in [0.717, 1.165) is 63.7 Å². The zero-order valence-corrected chi connectivity index (χ0v) is 32.7. The topological polar surface area (TPSA) is 93.1 Å². The number of hydrogen-bond acceptors (Lipinski definition) is 6. The molecule has 0 spiro atoms. The van der Waals surface area contributed by atoms with Crippen molar-refractivity contribution in [1.82, 2.24) is 0 Å². The number of allylic oxidation sites excluding steroid dienone is 7. The van der Waals surface area contributed by atoms with Crippen LogP contribution in [0.1, 0.15) is 188 Å². The zero-order valence-electron chi connectivity index (χ0n) is 32.7. The largest absolute Gasteiger partial charge is 0.462 e. The van der Waals surface area contributed by atoms with Gasteiger partial charge in [-0.25, -0.2) is 0 Å². The van der Waals surface area contributed by atoms with E-state index in [1.807, 2.05) is 18.2 Å². The molecule has 0 aliphatic carbocycles. The molecule has 0 aromatic heterocycles. The normalized spacial score (nSPS) is 13.4. The molecule has 0 fully saturated rings. The summed E-state index contributed by atoms with van der Waals surface area (Å²) < 4.78 is 10.6. The molecule has 0 aromatic rings. The maximum Gasteiger partial charge on any atom is 0.306 e. The third-order valence-corrected chi connectivity index (χ3v) is 8.91. The molecular formula is C44H78O6. The molecule has 0 aliphatic heterocycles. The summed E-state index contributed by atoms with van der Waals surface area (Å²) >= 11 is 0. The summed E-state index contributed by atoms with van der Waals surface area (Å²) in [5, 5.41) is 19.4. The molecule has 6 heteroatoms. The van der Waals surface area contributed by atoms with E-state index in [2.05, 4.69) is 51.2 Å². The maximum absolute atomic E-state index is 12.2. The van der Waals surface area contributed by atoms with E-state index in [1.54, 1.807) is 0 Å². The van der Waals surface area contributed by atoms with Crippen LogP contribution in [0.25, 0.3) is 0 Å². The van der Waals surface area contributed by atoms with Crippen LogP contribution in [0.15, 0.2) is 48.6 Å². The van der Waals surface area contributed by atoms with E-state index < -0.39 is 6.10 Å². The first-order valence-electron chi connectivity index (χ1n) is 20.7. The van der Waals surface area contributed by atoms with Crippen molar-refractivity contribution in [2.75, 3.05) is 13.2 Å². The number of carbonyl (C=O) groups excluding carboxylic acids is 2. The molecule has 2 N–H and O–H groups in total. The Morgan fingerprint density at radius 3 is 1.70 bits per heavy atom. The number of aliphatic hydroxyl groups excluding tert-OH is 2. The standard InChI is InChI=1S/C44H78O6/c1-4-5-28-34-41(46)35-30-25-21-17-13-11-15-19-23-27-32-37-44(48)50-42(38-45)39-49-43(47)36-31-26-22-18-14-10-8-6-7-9-12-16-20-24-29-33-40(2)3/h11,13,19,21,23,25,30,35,40-42,45-46H,4-10,12,14-18,20,22,24,26-29,31-34,36-39H2,1-3H3/b13-11-,23-19-,25-21-,35-30+/t41-,42-/m0/s1. The molecule has 2 atom stereocenters. The maximum atomic E-state index is 12.2. The van der Waals surface area contributed by atoms with Gasteiger partial charge in [0.05, 0.1) is 12.7 Å². The van der Waals surface area contributed by atoms with E-state index in [4.69, 9.17) is 9.47 Å². The summed E-state index contributed by atoms with van der Waals surface area (Å²) in [5.74, 6) is 0.169. The van der Waals surface area contributed by atoms with Crippen molar-refractivity contribution in [2.45, 2.75) is 200 Å². The minimum Gasteiger partial charge on any atom is -0.462 e. The molecule has 290 valence electrons. The number of hydrogen-bond donors (Lipinski definition) is 2. The molecule has 0 aliphatic rings. The van der Waals surface area contributed by atoms with Crippen LogP contribution >= 0.6 is 0 Å². The molecule has 0 saturated heterocycles. The van der Waals surface area contributed by atoms with Crippen LogP contribution in [-0.4, -0.2) is 47.6 Å². The monoisotopic (exact) mass is 703 g/mol. The van der Waals surface area contributed by atoms with Crippen molar-refractivity contribution >= 4 is 11.9 Å². The fourth-order valence-corrected chi connectivity index (χ4v) is 5.72. The lowest BCUT2D eigenvalue weighted by atomic mass is 10.0. The lowest BCUT2D eigenvalue weighted by molar-refractivity contribution is -0.161. The SMILES string of the molecule is CCCCC[C@H](O)/C=C/C=C\C/C=C\C/C=C\CCCC(=O)O[C@@H](CO)COC(=O)CCCCCCCCCCCCCCCCCC(C)C. The number of carbonyl (C=O) groups is 2. The predicted molar refractivity (Wildman–Crippen MR) is 211 cm³/mol. The smallest absolute Gasteiger partial charge is 0.306 e. The average Bonchev–Trinajstić information content (AvgIpc) is 3.09. The van der Waals surface area contributed by atoms with Crippen LogP contribution in [0.2, 0.25) is 0 Å². The fourth-order valence-electron chi connectivity index (χ4n) is 5.72. The van der Waals surface area contributed by atoms with Gasteiger partial charge in [0.1, 0.15) is 6.61 Å². The molecule has 50 heavy (non-hydrogen) atoms. The molecule has 0 heterocycles. The molecule has 0 amide bonds. The molecule has 0 unspecified atom stereocenters. The van der Waals surface area contributed by atoms with Crippen molar-refractivity contribution in [2.24, 2.45) is 5.92 Å². The summed E-state index contributed by atoms with van der Waals surface area (Å²) in [6, 6.07) is 0. The first-order chi connectivity index (χ1) is 24.4. The first kappa shape index (κ1) is 47.8. The first-order valence-corrected chi connectivity index (χ1v) is 20.7. The Labute approximate surface area is 308 Å². The number of esters is 2. The minimum absolute atomic E-state index is 0.0991. The number of aliphatic hydroxyl groups is 2. The van der Waals surface area contributed by atoms with E-state index in [9.17, 15) is 19.8 Å². The van der Waals surface area contributed by atoms with Gasteiger partial charge < -0.3 is 19.7 Å². The van der Waals surface area contributed by atoms with Crippen molar-refractivity contribution in [3.63, 3.8) is 0 Å². The predicted octanol–water partition coefficient (Wildman–Crippen LogP) is 11.8. The molecule has 0 aromatic carbocycles. The third kappa shape index (κ3) is 37.1. The highest BCUT2D eigenvalue weighted by Gasteiger charge is 2.16. The Bertz CT molecular complexity index is 874. The van der Waals surface area contributed by atoms with Crippen molar-refractivity contribution in [1.29, 1.82) is 0 Å². The number of rotatable bonds is 36. The number of ether oxygens (including phenoxy) is 2. The highest BCUT2D eigenvalue weighted by Crippen LogP contribution is 2.15. The average molecular weight is 703 g/mol. The molecule has 0 bridgehead atoms. The summed E-state index contributed by atoms with van der Waals surface area (Å²) in [6.45, 7) is 6.33. The Kier molecular flexibility index (Phi) is 36.4. The quantitative estimate of drug-likeness (QED) is 0.0292. The summed E-state index contributed by atoms with van der Waals surface area (Å²) in [6.07, 6.45) is 43.6. The molecular weight excluding hydrogens is 624 g/mol.